The minimum absolute atomic E-state index is 0.196. The van der Waals surface area contributed by atoms with Gasteiger partial charge in [-0.05, 0) is 43.4 Å². The number of hydrogen-bond acceptors (Lipinski definition) is 7. The number of fused-ring (bicyclic) bond motifs is 5. The van der Waals surface area contributed by atoms with Crippen molar-refractivity contribution in [3.63, 3.8) is 0 Å². The first-order valence-electron chi connectivity index (χ1n) is 9.26. The van der Waals surface area contributed by atoms with Gasteiger partial charge in [0.05, 0.1) is 18.7 Å². The smallest absolute Gasteiger partial charge is 0.192 e. The van der Waals surface area contributed by atoms with Crippen molar-refractivity contribution >= 4 is 33.4 Å². The van der Waals surface area contributed by atoms with Gasteiger partial charge in [0.2, 0.25) is 0 Å². The van der Waals surface area contributed by atoms with Crippen LogP contribution in [0.15, 0.2) is 35.7 Å². The Labute approximate surface area is 165 Å². The molecule has 0 atom stereocenters. The lowest BCUT2D eigenvalue weighted by Crippen LogP contribution is -1.99. The number of oxime groups is 1. The third-order valence-electron chi connectivity index (χ3n) is 4.93. The molecule has 7 nitrogen and oxygen atoms in total. The number of para-hydroxylation sites is 1. The summed E-state index contributed by atoms with van der Waals surface area (Å²) >= 11 is 1.79. The summed E-state index contributed by atoms with van der Waals surface area (Å²) in [6, 6.07) is 7.63. The van der Waals surface area contributed by atoms with Crippen molar-refractivity contribution in [1.29, 1.82) is 0 Å². The van der Waals surface area contributed by atoms with Crippen molar-refractivity contribution in [2.45, 2.75) is 32.3 Å². The van der Waals surface area contributed by atoms with Crippen LogP contribution in [0.3, 0.4) is 0 Å². The van der Waals surface area contributed by atoms with Gasteiger partial charge in [0.1, 0.15) is 16.9 Å². The Morgan fingerprint density at radius 1 is 1.25 bits per heavy atom. The van der Waals surface area contributed by atoms with Gasteiger partial charge in [-0.1, -0.05) is 17.3 Å². The number of aryl methyl sites for hydroxylation is 2. The maximum absolute atomic E-state index is 5.42. The Balaban J connectivity index is 1.39. The Morgan fingerprint density at radius 2 is 2.14 bits per heavy atom. The maximum atomic E-state index is 5.42. The van der Waals surface area contributed by atoms with Crippen LogP contribution >= 0.6 is 11.3 Å². The van der Waals surface area contributed by atoms with Gasteiger partial charge in [-0.25, -0.2) is 14.5 Å². The molecule has 3 heterocycles. The van der Waals surface area contributed by atoms with Crippen molar-refractivity contribution in [2.75, 3.05) is 7.11 Å². The minimum atomic E-state index is 0.196. The second kappa shape index (κ2) is 7.20. The third kappa shape index (κ3) is 2.99. The molecule has 142 valence electrons. The molecule has 0 aliphatic heterocycles. The predicted molar refractivity (Wildman–Crippen MR) is 108 cm³/mol. The fraction of sp³-hybridized carbons (Fsp3) is 0.300. The van der Waals surface area contributed by atoms with E-state index < -0.39 is 0 Å². The van der Waals surface area contributed by atoms with Crippen LogP contribution in [0, 0.1) is 0 Å². The van der Waals surface area contributed by atoms with Gasteiger partial charge in [0, 0.05) is 10.4 Å². The number of methoxy groups -OCH3 is 1. The molecule has 0 amide bonds. The molecule has 8 heteroatoms. The first kappa shape index (κ1) is 17.1. The van der Waals surface area contributed by atoms with Gasteiger partial charge in [-0.15, -0.1) is 16.4 Å². The number of thiophene rings is 1. The molecule has 1 aliphatic carbocycles. The number of ether oxygens (including phenoxy) is 1. The Morgan fingerprint density at radius 3 is 3.07 bits per heavy atom. The number of aromatic nitrogens is 4. The molecule has 3 aromatic heterocycles. The average Bonchev–Trinajstić information content (AvgIpc) is 3.31. The summed E-state index contributed by atoms with van der Waals surface area (Å²) in [5.41, 5.74) is 3.11. The fourth-order valence-corrected chi connectivity index (χ4v) is 4.85. The number of benzene rings is 1. The van der Waals surface area contributed by atoms with Crippen molar-refractivity contribution in [3.05, 3.63) is 52.4 Å². The highest BCUT2D eigenvalue weighted by molar-refractivity contribution is 7.19. The molecule has 5 rings (SSSR count). The zero-order valence-corrected chi connectivity index (χ0v) is 16.3. The Kier molecular flexibility index (Phi) is 4.40. The van der Waals surface area contributed by atoms with Crippen molar-refractivity contribution < 1.29 is 9.57 Å². The van der Waals surface area contributed by atoms with Crippen molar-refractivity contribution in [1.82, 2.24) is 19.6 Å². The lowest BCUT2D eigenvalue weighted by atomic mass is 9.97. The summed E-state index contributed by atoms with van der Waals surface area (Å²) in [6.45, 7) is 0.196. The molecule has 4 aromatic rings. The van der Waals surface area contributed by atoms with Crippen LogP contribution in [0.5, 0.6) is 5.75 Å². The number of nitrogens with zero attached hydrogens (tertiary/aromatic N) is 5. The molecular formula is C20H19N5O2S. The second-order valence-electron chi connectivity index (χ2n) is 6.68. The zero-order valence-electron chi connectivity index (χ0n) is 15.5. The summed E-state index contributed by atoms with van der Waals surface area (Å²) in [7, 11) is 1.63. The Hall–Kier alpha value is -3.00. The molecule has 0 saturated carbocycles. The topological polar surface area (TPSA) is 73.9 Å². The second-order valence-corrected chi connectivity index (χ2v) is 7.77. The van der Waals surface area contributed by atoms with Gasteiger partial charge >= 0.3 is 0 Å². The quantitative estimate of drug-likeness (QED) is 0.381. The lowest BCUT2D eigenvalue weighted by Gasteiger charge is -2.09. The van der Waals surface area contributed by atoms with Crippen molar-refractivity contribution in [2.24, 2.45) is 5.16 Å². The number of hydrogen-bond donors (Lipinski definition) is 0. The van der Waals surface area contributed by atoms with Gasteiger partial charge in [0.15, 0.2) is 18.1 Å². The molecule has 0 unspecified atom stereocenters. The van der Waals surface area contributed by atoms with Crippen LogP contribution < -0.4 is 4.74 Å². The maximum Gasteiger partial charge on any atom is 0.192 e. The minimum Gasteiger partial charge on any atom is -0.496 e. The van der Waals surface area contributed by atoms with Gasteiger partial charge in [-0.2, -0.15) is 0 Å². The summed E-state index contributed by atoms with van der Waals surface area (Å²) in [6.07, 6.45) is 8.08. The molecule has 0 radical (unpaired) electrons. The van der Waals surface area contributed by atoms with E-state index >= 15 is 0 Å². The van der Waals surface area contributed by atoms with Gasteiger partial charge in [0.25, 0.3) is 0 Å². The zero-order chi connectivity index (χ0) is 18.9. The molecule has 0 N–H and O–H groups in total. The summed E-state index contributed by atoms with van der Waals surface area (Å²) in [4.78, 5) is 17.2. The first-order valence-corrected chi connectivity index (χ1v) is 10.1. The molecule has 0 saturated heterocycles. The van der Waals surface area contributed by atoms with E-state index in [1.165, 1.54) is 23.3 Å². The monoisotopic (exact) mass is 393 g/mol. The van der Waals surface area contributed by atoms with E-state index in [1.807, 2.05) is 24.3 Å². The molecular weight excluding hydrogens is 374 g/mol. The largest absolute Gasteiger partial charge is 0.496 e. The lowest BCUT2D eigenvalue weighted by molar-refractivity contribution is 0.126. The van der Waals surface area contributed by atoms with Crippen LogP contribution in [0.1, 0.15) is 34.7 Å². The normalized spacial score (nSPS) is 14.0. The first-order chi connectivity index (χ1) is 13.8. The molecule has 1 aromatic carbocycles. The Bertz CT molecular complexity index is 1180. The van der Waals surface area contributed by atoms with E-state index in [4.69, 9.17) is 14.6 Å². The highest BCUT2D eigenvalue weighted by atomic mass is 32.1. The molecule has 0 bridgehead atoms. The summed E-state index contributed by atoms with van der Waals surface area (Å²) < 4.78 is 7.04. The highest BCUT2D eigenvalue weighted by Gasteiger charge is 2.20. The van der Waals surface area contributed by atoms with E-state index in [2.05, 4.69) is 15.2 Å². The average molecular weight is 393 g/mol. The van der Waals surface area contributed by atoms with Crippen LogP contribution in [0.25, 0.3) is 15.9 Å². The summed E-state index contributed by atoms with van der Waals surface area (Å²) in [5, 5.41) is 9.68. The van der Waals surface area contributed by atoms with Gasteiger partial charge in [-0.3, -0.25) is 0 Å². The van der Waals surface area contributed by atoms with E-state index in [0.717, 1.165) is 40.0 Å². The van der Waals surface area contributed by atoms with E-state index in [1.54, 1.807) is 35.5 Å². The van der Waals surface area contributed by atoms with Crippen LogP contribution in [-0.2, 0) is 24.3 Å². The molecule has 28 heavy (non-hydrogen) atoms. The third-order valence-corrected chi connectivity index (χ3v) is 6.13. The summed E-state index contributed by atoms with van der Waals surface area (Å²) in [5.74, 6) is 1.33. The van der Waals surface area contributed by atoms with Crippen molar-refractivity contribution in [3.8, 4) is 5.75 Å². The molecule has 0 fully saturated rings. The van der Waals surface area contributed by atoms with E-state index in [-0.39, 0.29) is 6.61 Å². The number of rotatable bonds is 5. The SMILES string of the molecule is COc1ccccc1C=NOCc1nc2c3c4c(sc3ncn2n1)CCCC4. The van der Waals surface area contributed by atoms with Crippen LogP contribution in [-0.4, -0.2) is 32.9 Å². The molecule has 0 spiro atoms. The molecule has 1 aliphatic rings. The van der Waals surface area contributed by atoms with E-state index in [9.17, 15) is 0 Å². The van der Waals surface area contributed by atoms with Gasteiger partial charge < -0.3 is 9.57 Å². The highest BCUT2D eigenvalue weighted by Crippen LogP contribution is 2.36. The standard InChI is InChI=1S/C20H19N5O2S/c1-26-15-8-4-2-6-13(15)10-22-27-11-17-23-19-18-14-7-3-5-9-16(14)28-20(18)21-12-25(19)24-17/h2,4,6,8,10,12H,3,5,7,9,11H2,1H3. The van der Waals surface area contributed by atoms with Crippen LogP contribution in [0.2, 0.25) is 0 Å². The van der Waals surface area contributed by atoms with E-state index in [0.29, 0.717) is 5.82 Å². The fourth-order valence-electron chi connectivity index (χ4n) is 3.62. The predicted octanol–water partition coefficient (Wildman–Crippen LogP) is 3.78. The van der Waals surface area contributed by atoms with Crippen LogP contribution in [0.4, 0.5) is 0 Å².